The van der Waals surface area contributed by atoms with Crippen molar-refractivity contribution in [1.29, 1.82) is 0 Å². The van der Waals surface area contributed by atoms with E-state index in [1.807, 2.05) is 30.3 Å². The number of aliphatic hydroxyl groups is 2. The number of carboxylic acid groups (broad SMARTS) is 1. The second-order valence-electron chi connectivity index (χ2n) is 5.99. The van der Waals surface area contributed by atoms with E-state index < -0.39 is 24.6 Å². The summed E-state index contributed by atoms with van der Waals surface area (Å²) in [5.74, 6) is -0.679. The summed E-state index contributed by atoms with van der Waals surface area (Å²) in [4.78, 5) is 10.6. The van der Waals surface area contributed by atoms with Gasteiger partial charge < -0.3 is 20.1 Å². The predicted molar refractivity (Wildman–Crippen MR) is 105 cm³/mol. The minimum absolute atomic E-state index is 0.103. The highest BCUT2D eigenvalue weighted by Gasteiger charge is 2.14. The molecule has 2 atom stereocenters. The number of rotatable bonds is 9. The summed E-state index contributed by atoms with van der Waals surface area (Å²) in [5, 5.41) is 29.0. The van der Waals surface area contributed by atoms with Crippen molar-refractivity contribution in [2.45, 2.75) is 31.7 Å². The Morgan fingerprint density at radius 3 is 2.52 bits per heavy atom. The molecule has 2 unspecified atom stereocenters. The number of carboxylic acids is 1. The highest BCUT2D eigenvalue weighted by molar-refractivity contribution is 6.35. The molecule has 0 bridgehead atoms. The summed E-state index contributed by atoms with van der Waals surface area (Å²) in [6.07, 6.45) is 0.281. The predicted octanol–water partition coefficient (Wildman–Crippen LogP) is 4.17. The van der Waals surface area contributed by atoms with Gasteiger partial charge in [0.15, 0.2) is 0 Å². The van der Waals surface area contributed by atoms with Crippen molar-refractivity contribution in [3.8, 4) is 5.75 Å². The highest BCUT2D eigenvalue weighted by Crippen LogP contribution is 2.33. The number of hydrogen-bond donors (Lipinski definition) is 3. The quantitative estimate of drug-likeness (QED) is 0.577. The molecule has 2 rings (SSSR count). The number of carbonyl (C=O) groups is 1. The lowest BCUT2D eigenvalue weighted by Crippen LogP contribution is -2.19. The summed E-state index contributed by atoms with van der Waals surface area (Å²) in [5.41, 5.74) is 1.50. The first-order chi connectivity index (χ1) is 12.8. The molecule has 0 saturated heterocycles. The Hall–Kier alpha value is -2.05. The zero-order valence-electron chi connectivity index (χ0n) is 14.4. The van der Waals surface area contributed by atoms with Crippen LogP contribution in [-0.4, -0.2) is 33.5 Å². The van der Waals surface area contributed by atoms with E-state index in [2.05, 4.69) is 0 Å². The molecule has 0 aliphatic rings. The molecule has 0 aromatic heterocycles. The molecule has 0 fully saturated rings. The molecule has 0 spiro atoms. The third kappa shape index (κ3) is 7.23. The van der Waals surface area contributed by atoms with Gasteiger partial charge >= 0.3 is 5.97 Å². The van der Waals surface area contributed by atoms with E-state index in [4.69, 9.17) is 33.0 Å². The third-order valence-electron chi connectivity index (χ3n) is 3.70. The van der Waals surface area contributed by atoms with Gasteiger partial charge in [0, 0.05) is 17.0 Å². The molecule has 0 aliphatic heterocycles. The van der Waals surface area contributed by atoms with Crippen molar-refractivity contribution in [3.63, 3.8) is 0 Å². The number of benzene rings is 2. The van der Waals surface area contributed by atoms with Crippen LogP contribution in [0.2, 0.25) is 10.0 Å². The van der Waals surface area contributed by atoms with Gasteiger partial charge in [0.25, 0.3) is 0 Å². The molecule has 7 heteroatoms. The number of hydrogen-bond acceptors (Lipinski definition) is 4. The van der Waals surface area contributed by atoms with Crippen molar-refractivity contribution >= 4 is 35.2 Å². The first-order valence-corrected chi connectivity index (χ1v) is 9.02. The van der Waals surface area contributed by atoms with Crippen LogP contribution in [0.15, 0.2) is 48.5 Å². The Bertz CT molecular complexity index is 792. The minimum atomic E-state index is -1.14. The van der Waals surface area contributed by atoms with Crippen LogP contribution in [0, 0.1) is 0 Å². The molecular weight excluding hydrogens is 391 g/mol. The SMILES string of the molecule is O=C(O)CC(O)CC(O)C=Cc1c(Cl)cc(Cl)cc1OCc1ccccc1. The smallest absolute Gasteiger partial charge is 0.305 e. The summed E-state index contributed by atoms with van der Waals surface area (Å²) < 4.78 is 5.82. The Kier molecular flexibility index (Phi) is 8.13. The van der Waals surface area contributed by atoms with Crippen LogP contribution in [0.3, 0.4) is 0 Å². The summed E-state index contributed by atoms with van der Waals surface area (Å²) in [7, 11) is 0. The van der Waals surface area contributed by atoms with Crippen molar-refractivity contribution in [2.24, 2.45) is 0 Å². The fourth-order valence-electron chi connectivity index (χ4n) is 2.43. The Morgan fingerprint density at radius 1 is 1.15 bits per heavy atom. The monoisotopic (exact) mass is 410 g/mol. The molecule has 0 heterocycles. The Morgan fingerprint density at radius 2 is 1.85 bits per heavy atom. The molecule has 2 aromatic rings. The van der Waals surface area contributed by atoms with Gasteiger partial charge in [-0.3, -0.25) is 4.79 Å². The molecule has 0 amide bonds. The fraction of sp³-hybridized carbons (Fsp3) is 0.250. The summed E-state index contributed by atoms with van der Waals surface area (Å²) in [6, 6.07) is 12.8. The number of ether oxygens (including phenoxy) is 1. The lowest BCUT2D eigenvalue weighted by atomic mass is 10.1. The molecule has 0 radical (unpaired) electrons. The average Bonchev–Trinajstić information content (AvgIpc) is 2.59. The van der Waals surface area contributed by atoms with Crippen molar-refractivity contribution < 1.29 is 24.9 Å². The van der Waals surface area contributed by atoms with E-state index in [-0.39, 0.29) is 6.42 Å². The minimum Gasteiger partial charge on any atom is -0.488 e. The van der Waals surface area contributed by atoms with Crippen LogP contribution in [-0.2, 0) is 11.4 Å². The maximum absolute atomic E-state index is 10.6. The van der Waals surface area contributed by atoms with E-state index in [9.17, 15) is 15.0 Å². The van der Waals surface area contributed by atoms with Gasteiger partial charge in [0.2, 0.25) is 0 Å². The first kappa shape index (κ1) is 21.3. The van der Waals surface area contributed by atoms with Gasteiger partial charge in [0.1, 0.15) is 12.4 Å². The van der Waals surface area contributed by atoms with Gasteiger partial charge in [0.05, 0.1) is 23.7 Å². The maximum atomic E-state index is 10.6. The van der Waals surface area contributed by atoms with Gasteiger partial charge in [-0.05, 0) is 17.7 Å². The van der Waals surface area contributed by atoms with Crippen LogP contribution >= 0.6 is 23.2 Å². The molecule has 27 heavy (non-hydrogen) atoms. The second kappa shape index (κ2) is 10.3. The lowest BCUT2D eigenvalue weighted by Gasteiger charge is -2.13. The maximum Gasteiger partial charge on any atom is 0.305 e. The second-order valence-corrected chi connectivity index (χ2v) is 6.83. The van der Waals surface area contributed by atoms with Crippen LogP contribution in [0.4, 0.5) is 0 Å². The lowest BCUT2D eigenvalue weighted by molar-refractivity contribution is -0.139. The van der Waals surface area contributed by atoms with E-state index in [0.29, 0.717) is 28.0 Å². The number of aliphatic hydroxyl groups excluding tert-OH is 2. The van der Waals surface area contributed by atoms with Crippen molar-refractivity contribution in [2.75, 3.05) is 0 Å². The van der Waals surface area contributed by atoms with Crippen molar-refractivity contribution in [3.05, 3.63) is 69.7 Å². The highest BCUT2D eigenvalue weighted by atomic mass is 35.5. The Labute approximate surface area is 167 Å². The standard InChI is InChI=1S/C20H20Cl2O5/c21-14-8-18(22)17(7-6-15(23)10-16(24)11-20(25)26)19(9-14)27-12-13-4-2-1-3-5-13/h1-9,15-16,23-24H,10-12H2,(H,25,26). The average molecular weight is 411 g/mol. The summed E-state index contributed by atoms with van der Waals surface area (Å²) >= 11 is 12.3. The topological polar surface area (TPSA) is 87.0 Å². The van der Waals surface area contributed by atoms with Crippen LogP contribution in [0.25, 0.3) is 6.08 Å². The zero-order chi connectivity index (χ0) is 19.8. The molecule has 2 aromatic carbocycles. The first-order valence-electron chi connectivity index (χ1n) is 8.27. The van der Waals surface area contributed by atoms with Gasteiger partial charge in [-0.2, -0.15) is 0 Å². The Balaban J connectivity index is 2.11. The molecular formula is C20H20Cl2O5. The third-order valence-corrected chi connectivity index (χ3v) is 4.23. The van der Waals surface area contributed by atoms with E-state index in [0.717, 1.165) is 5.56 Å². The molecule has 5 nitrogen and oxygen atoms in total. The van der Waals surface area contributed by atoms with E-state index in [1.54, 1.807) is 18.2 Å². The van der Waals surface area contributed by atoms with Crippen LogP contribution < -0.4 is 4.74 Å². The molecule has 0 saturated carbocycles. The van der Waals surface area contributed by atoms with E-state index >= 15 is 0 Å². The van der Waals surface area contributed by atoms with E-state index in [1.165, 1.54) is 6.08 Å². The summed E-state index contributed by atoms with van der Waals surface area (Å²) in [6.45, 7) is 0.318. The van der Waals surface area contributed by atoms with Crippen LogP contribution in [0.5, 0.6) is 5.75 Å². The fourth-order valence-corrected chi connectivity index (χ4v) is 2.96. The van der Waals surface area contributed by atoms with Gasteiger partial charge in [-0.1, -0.05) is 65.7 Å². The number of aliphatic carboxylic acids is 1. The normalized spacial score (nSPS) is 13.5. The largest absolute Gasteiger partial charge is 0.488 e. The van der Waals surface area contributed by atoms with Crippen molar-refractivity contribution in [1.82, 2.24) is 0 Å². The van der Waals surface area contributed by atoms with Gasteiger partial charge in [-0.25, -0.2) is 0 Å². The van der Waals surface area contributed by atoms with Gasteiger partial charge in [-0.15, -0.1) is 0 Å². The zero-order valence-corrected chi connectivity index (χ0v) is 15.9. The van der Waals surface area contributed by atoms with Crippen LogP contribution in [0.1, 0.15) is 24.0 Å². The molecule has 3 N–H and O–H groups in total. The molecule has 0 aliphatic carbocycles. The number of halogens is 2. The molecule has 144 valence electrons.